The fourth-order valence-electron chi connectivity index (χ4n) is 1.45. The Kier molecular flexibility index (Phi) is 3.52. The summed E-state index contributed by atoms with van der Waals surface area (Å²) in [7, 11) is 4.12. The standard InChI is InChI=1S/C14H15NS/c1-15(2)12-7-6-10-14(11-12)16-13-8-4-3-5-9-13/h3-11H,1-2H3. The Morgan fingerprint density at radius 3 is 2.19 bits per heavy atom. The van der Waals surface area contributed by atoms with E-state index in [1.807, 2.05) is 6.07 Å². The molecule has 0 heterocycles. The third-order valence-corrected chi connectivity index (χ3v) is 3.31. The second kappa shape index (κ2) is 5.08. The zero-order chi connectivity index (χ0) is 11.4. The summed E-state index contributed by atoms with van der Waals surface area (Å²) in [5.41, 5.74) is 1.24. The molecule has 0 saturated heterocycles. The van der Waals surface area contributed by atoms with Gasteiger partial charge in [0.05, 0.1) is 0 Å². The van der Waals surface area contributed by atoms with Crippen LogP contribution in [0.2, 0.25) is 0 Å². The third-order valence-electron chi connectivity index (χ3n) is 2.31. The maximum Gasteiger partial charge on any atom is 0.0372 e. The van der Waals surface area contributed by atoms with Gasteiger partial charge < -0.3 is 4.90 Å². The first-order chi connectivity index (χ1) is 7.75. The minimum absolute atomic E-state index is 1.24. The highest BCUT2D eigenvalue weighted by atomic mass is 32.2. The minimum atomic E-state index is 1.24. The molecule has 16 heavy (non-hydrogen) atoms. The number of benzene rings is 2. The molecule has 0 aliphatic heterocycles. The van der Waals surface area contributed by atoms with Crippen molar-refractivity contribution in [2.45, 2.75) is 9.79 Å². The van der Waals surface area contributed by atoms with Crippen LogP contribution in [0.15, 0.2) is 64.4 Å². The Morgan fingerprint density at radius 1 is 0.812 bits per heavy atom. The molecule has 0 saturated carbocycles. The molecular weight excluding hydrogens is 214 g/mol. The molecule has 0 N–H and O–H groups in total. The molecule has 0 aliphatic rings. The summed E-state index contributed by atoms with van der Waals surface area (Å²) in [5.74, 6) is 0. The largest absolute Gasteiger partial charge is 0.378 e. The molecule has 2 aromatic carbocycles. The van der Waals surface area contributed by atoms with Gasteiger partial charge in [-0.25, -0.2) is 0 Å². The quantitative estimate of drug-likeness (QED) is 0.785. The van der Waals surface area contributed by atoms with E-state index in [0.717, 1.165) is 0 Å². The average molecular weight is 229 g/mol. The van der Waals surface area contributed by atoms with Gasteiger partial charge in [-0.3, -0.25) is 0 Å². The second-order valence-electron chi connectivity index (χ2n) is 3.81. The van der Waals surface area contributed by atoms with Crippen LogP contribution in [0.3, 0.4) is 0 Å². The van der Waals surface area contributed by atoms with Crippen LogP contribution < -0.4 is 4.90 Å². The molecule has 0 atom stereocenters. The van der Waals surface area contributed by atoms with Crippen molar-refractivity contribution in [1.29, 1.82) is 0 Å². The van der Waals surface area contributed by atoms with E-state index in [0.29, 0.717) is 0 Å². The van der Waals surface area contributed by atoms with Crippen LogP contribution in [0.4, 0.5) is 5.69 Å². The molecule has 2 rings (SSSR count). The fourth-order valence-corrected chi connectivity index (χ4v) is 2.34. The van der Waals surface area contributed by atoms with Gasteiger partial charge in [0.15, 0.2) is 0 Å². The molecule has 0 unspecified atom stereocenters. The van der Waals surface area contributed by atoms with Crippen molar-refractivity contribution in [2.24, 2.45) is 0 Å². The SMILES string of the molecule is CN(C)c1cccc(Sc2ccccc2)c1. The number of hydrogen-bond acceptors (Lipinski definition) is 2. The summed E-state index contributed by atoms with van der Waals surface area (Å²) in [6.45, 7) is 0. The van der Waals surface area contributed by atoms with Crippen molar-refractivity contribution in [3.63, 3.8) is 0 Å². The van der Waals surface area contributed by atoms with Crippen molar-refractivity contribution < 1.29 is 0 Å². The van der Waals surface area contributed by atoms with Crippen LogP contribution in [0.1, 0.15) is 0 Å². The molecule has 0 aromatic heterocycles. The lowest BCUT2D eigenvalue weighted by atomic mass is 10.3. The molecule has 0 aliphatic carbocycles. The number of rotatable bonds is 3. The predicted octanol–water partition coefficient (Wildman–Crippen LogP) is 3.90. The first kappa shape index (κ1) is 11.1. The predicted molar refractivity (Wildman–Crippen MR) is 71.3 cm³/mol. The van der Waals surface area contributed by atoms with Gasteiger partial charge in [-0.1, -0.05) is 36.0 Å². The molecular formula is C14H15NS. The van der Waals surface area contributed by atoms with Crippen molar-refractivity contribution in [3.05, 3.63) is 54.6 Å². The van der Waals surface area contributed by atoms with Crippen LogP contribution in [0.5, 0.6) is 0 Å². The summed E-state index contributed by atoms with van der Waals surface area (Å²) < 4.78 is 0. The number of nitrogens with zero attached hydrogens (tertiary/aromatic N) is 1. The van der Waals surface area contributed by atoms with E-state index in [1.54, 1.807) is 11.8 Å². The Labute approximate surface area is 101 Å². The number of anilines is 1. The van der Waals surface area contributed by atoms with E-state index >= 15 is 0 Å². The van der Waals surface area contributed by atoms with E-state index in [1.165, 1.54) is 15.5 Å². The van der Waals surface area contributed by atoms with Crippen molar-refractivity contribution in [1.82, 2.24) is 0 Å². The molecule has 1 nitrogen and oxygen atoms in total. The smallest absolute Gasteiger partial charge is 0.0372 e. The lowest BCUT2D eigenvalue weighted by molar-refractivity contribution is 1.12. The van der Waals surface area contributed by atoms with Crippen LogP contribution in [0, 0.1) is 0 Å². The van der Waals surface area contributed by atoms with Gasteiger partial charge in [0, 0.05) is 29.6 Å². The Hall–Kier alpha value is -1.41. The summed E-state index contributed by atoms with van der Waals surface area (Å²) in [4.78, 5) is 4.67. The highest BCUT2D eigenvalue weighted by Gasteiger charge is 1.99. The normalized spacial score (nSPS) is 10.1. The van der Waals surface area contributed by atoms with Gasteiger partial charge in [0.2, 0.25) is 0 Å². The average Bonchev–Trinajstić information content (AvgIpc) is 2.30. The van der Waals surface area contributed by atoms with Gasteiger partial charge in [-0.2, -0.15) is 0 Å². The lowest BCUT2D eigenvalue weighted by Crippen LogP contribution is -2.08. The van der Waals surface area contributed by atoms with Gasteiger partial charge in [-0.05, 0) is 30.3 Å². The van der Waals surface area contributed by atoms with Crippen LogP contribution in [-0.4, -0.2) is 14.1 Å². The van der Waals surface area contributed by atoms with Crippen molar-refractivity contribution in [3.8, 4) is 0 Å². The molecule has 0 spiro atoms. The van der Waals surface area contributed by atoms with Crippen molar-refractivity contribution >= 4 is 17.4 Å². The summed E-state index contributed by atoms with van der Waals surface area (Å²) in [6.07, 6.45) is 0. The summed E-state index contributed by atoms with van der Waals surface area (Å²) in [5, 5.41) is 0. The van der Waals surface area contributed by atoms with Crippen LogP contribution >= 0.6 is 11.8 Å². The van der Waals surface area contributed by atoms with E-state index in [4.69, 9.17) is 0 Å². The minimum Gasteiger partial charge on any atom is -0.378 e. The molecule has 2 aromatic rings. The van der Waals surface area contributed by atoms with E-state index in [-0.39, 0.29) is 0 Å². The zero-order valence-corrected chi connectivity index (χ0v) is 10.4. The van der Waals surface area contributed by atoms with Gasteiger partial charge in [0.25, 0.3) is 0 Å². The molecule has 0 bridgehead atoms. The van der Waals surface area contributed by atoms with Crippen LogP contribution in [-0.2, 0) is 0 Å². The second-order valence-corrected chi connectivity index (χ2v) is 4.95. The molecule has 0 amide bonds. The van der Waals surface area contributed by atoms with Crippen molar-refractivity contribution in [2.75, 3.05) is 19.0 Å². The first-order valence-corrected chi connectivity index (χ1v) is 6.07. The third kappa shape index (κ3) is 2.80. The van der Waals surface area contributed by atoms with E-state index < -0.39 is 0 Å². The summed E-state index contributed by atoms with van der Waals surface area (Å²) in [6, 6.07) is 19.0. The highest BCUT2D eigenvalue weighted by Crippen LogP contribution is 2.29. The van der Waals surface area contributed by atoms with Gasteiger partial charge in [-0.15, -0.1) is 0 Å². The monoisotopic (exact) mass is 229 g/mol. The molecule has 0 fully saturated rings. The molecule has 82 valence electrons. The van der Waals surface area contributed by atoms with Crippen LogP contribution in [0.25, 0.3) is 0 Å². The maximum absolute atomic E-state index is 2.21. The fraction of sp³-hybridized carbons (Fsp3) is 0.143. The van der Waals surface area contributed by atoms with Gasteiger partial charge in [0.1, 0.15) is 0 Å². The topological polar surface area (TPSA) is 3.24 Å². The van der Waals surface area contributed by atoms with E-state index in [9.17, 15) is 0 Å². The van der Waals surface area contributed by atoms with E-state index in [2.05, 4.69) is 67.5 Å². The number of hydrogen-bond donors (Lipinski definition) is 0. The summed E-state index contributed by atoms with van der Waals surface area (Å²) >= 11 is 1.79. The Bertz CT molecular complexity index is 451. The van der Waals surface area contributed by atoms with Gasteiger partial charge >= 0.3 is 0 Å². The Balaban J connectivity index is 2.19. The highest BCUT2D eigenvalue weighted by molar-refractivity contribution is 7.99. The lowest BCUT2D eigenvalue weighted by Gasteiger charge is -2.13. The molecule has 2 heteroatoms. The maximum atomic E-state index is 2.21. The molecule has 0 radical (unpaired) electrons. The zero-order valence-electron chi connectivity index (χ0n) is 9.55. The first-order valence-electron chi connectivity index (χ1n) is 5.26. The Morgan fingerprint density at radius 2 is 1.50 bits per heavy atom.